The van der Waals surface area contributed by atoms with Gasteiger partial charge in [-0.3, -0.25) is 0 Å². The van der Waals surface area contributed by atoms with Crippen LogP contribution in [-0.2, 0) is 15.6 Å². The van der Waals surface area contributed by atoms with E-state index in [-0.39, 0.29) is 5.75 Å². The Balaban J connectivity index is 3.12. The Morgan fingerprint density at radius 2 is 2.07 bits per heavy atom. The van der Waals surface area contributed by atoms with E-state index in [4.69, 9.17) is 5.26 Å². The first kappa shape index (κ1) is 11.2. The number of halogens is 1. The zero-order valence-corrected chi connectivity index (χ0v) is 9.89. The topological polar surface area (TPSA) is 57.9 Å². The Labute approximate surface area is 91.4 Å². The number of nitriles is 1. The average Bonchev–Trinajstić information content (AvgIpc) is 1.99. The van der Waals surface area contributed by atoms with Gasteiger partial charge in [0.15, 0.2) is 9.84 Å². The summed E-state index contributed by atoms with van der Waals surface area (Å²) in [6, 6.07) is 6.89. The van der Waals surface area contributed by atoms with Crippen molar-refractivity contribution in [3.63, 3.8) is 0 Å². The Bertz CT molecular complexity index is 488. The van der Waals surface area contributed by atoms with Crippen molar-refractivity contribution >= 4 is 25.8 Å². The fraction of sp³-hybridized carbons (Fsp3) is 0.222. The molecule has 1 aromatic rings. The molecule has 0 unspecified atom stereocenters. The van der Waals surface area contributed by atoms with Crippen LogP contribution in [0.3, 0.4) is 0 Å². The van der Waals surface area contributed by atoms with Gasteiger partial charge in [0, 0.05) is 10.7 Å². The van der Waals surface area contributed by atoms with Crippen LogP contribution in [0.5, 0.6) is 0 Å². The second-order valence-electron chi connectivity index (χ2n) is 3.03. The van der Waals surface area contributed by atoms with E-state index in [1.807, 2.05) is 6.07 Å². The molecule has 3 nitrogen and oxygen atoms in total. The van der Waals surface area contributed by atoms with Crippen molar-refractivity contribution in [3.8, 4) is 6.07 Å². The Kier molecular flexibility index (Phi) is 3.29. The van der Waals surface area contributed by atoms with Crippen molar-refractivity contribution in [2.45, 2.75) is 5.75 Å². The standard InChI is InChI=1S/C9H8BrNO2S/c1-14(12,13)6-8-2-7(5-11)3-9(10)4-8/h2-4H,6H2,1H3. The maximum atomic E-state index is 11.0. The van der Waals surface area contributed by atoms with Gasteiger partial charge in [-0.1, -0.05) is 15.9 Å². The lowest BCUT2D eigenvalue weighted by Crippen LogP contribution is -2.00. The van der Waals surface area contributed by atoms with Crippen molar-refractivity contribution in [2.75, 3.05) is 6.26 Å². The molecule has 1 rings (SSSR count). The molecule has 0 heterocycles. The summed E-state index contributed by atoms with van der Waals surface area (Å²) in [5, 5.41) is 8.66. The number of hydrogen-bond donors (Lipinski definition) is 0. The van der Waals surface area contributed by atoms with Crippen LogP contribution in [0.1, 0.15) is 11.1 Å². The lowest BCUT2D eigenvalue weighted by molar-refractivity contribution is 0.601. The van der Waals surface area contributed by atoms with Gasteiger partial charge in [-0.25, -0.2) is 8.42 Å². The van der Waals surface area contributed by atoms with Gasteiger partial charge in [-0.15, -0.1) is 0 Å². The lowest BCUT2D eigenvalue weighted by Gasteiger charge is -2.01. The first-order valence-electron chi connectivity index (χ1n) is 3.78. The summed E-state index contributed by atoms with van der Waals surface area (Å²) in [4.78, 5) is 0. The largest absolute Gasteiger partial charge is 0.229 e. The van der Waals surface area contributed by atoms with Gasteiger partial charge in [-0.2, -0.15) is 5.26 Å². The fourth-order valence-corrected chi connectivity index (χ4v) is 2.41. The molecule has 1 aromatic carbocycles. The van der Waals surface area contributed by atoms with Crippen LogP contribution in [0.25, 0.3) is 0 Å². The van der Waals surface area contributed by atoms with Gasteiger partial charge in [0.05, 0.1) is 17.4 Å². The number of benzene rings is 1. The smallest absolute Gasteiger partial charge is 0.151 e. The molecular weight excluding hydrogens is 266 g/mol. The molecule has 0 amide bonds. The summed E-state index contributed by atoms with van der Waals surface area (Å²) < 4.78 is 22.7. The summed E-state index contributed by atoms with van der Waals surface area (Å²) in [5.41, 5.74) is 1.08. The minimum atomic E-state index is -3.05. The van der Waals surface area contributed by atoms with Crippen molar-refractivity contribution in [2.24, 2.45) is 0 Å². The molecule has 0 atom stereocenters. The number of rotatable bonds is 2. The summed E-state index contributed by atoms with van der Waals surface area (Å²) in [5.74, 6) is -0.0406. The Morgan fingerprint density at radius 3 is 2.57 bits per heavy atom. The van der Waals surface area contributed by atoms with E-state index in [2.05, 4.69) is 15.9 Å². The van der Waals surface area contributed by atoms with E-state index in [9.17, 15) is 8.42 Å². The van der Waals surface area contributed by atoms with E-state index in [1.54, 1.807) is 18.2 Å². The summed E-state index contributed by atoms with van der Waals surface area (Å²) in [6.07, 6.45) is 1.17. The van der Waals surface area contributed by atoms with Crippen molar-refractivity contribution in [1.29, 1.82) is 5.26 Å². The highest BCUT2D eigenvalue weighted by Crippen LogP contribution is 2.16. The quantitative estimate of drug-likeness (QED) is 0.827. The third-order valence-electron chi connectivity index (χ3n) is 1.52. The van der Waals surface area contributed by atoms with Crippen LogP contribution < -0.4 is 0 Å². The second kappa shape index (κ2) is 4.11. The zero-order valence-electron chi connectivity index (χ0n) is 7.49. The summed E-state index contributed by atoms with van der Waals surface area (Å²) >= 11 is 3.22. The second-order valence-corrected chi connectivity index (χ2v) is 6.09. The van der Waals surface area contributed by atoms with Gasteiger partial charge in [0.2, 0.25) is 0 Å². The summed E-state index contributed by atoms with van der Waals surface area (Å²) in [7, 11) is -3.05. The lowest BCUT2D eigenvalue weighted by atomic mass is 10.2. The van der Waals surface area contributed by atoms with Crippen molar-refractivity contribution in [3.05, 3.63) is 33.8 Å². The monoisotopic (exact) mass is 273 g/mol. The van der Waals surface area contributed by atoms with E-state index >= 15 is 0 Å². The van der Waals surface area contributed by atoms with Gasteiger partial charge in [-0.05, 0) is 23.8 Å². The predicted octanol–water partition coefficient (Wildman–Crippen LogP) is 1.87. The van der Waals surface area contributed by atoms with Crippen molar-refractivity contribution < 1.29 is 8.42 Å². The molecule has 5 heteroatoms. The fourth-order valence-electron chi connectivity index (χ4n) is 1.10. The molecule has 0 fully saturated rings. The molecule has 0 aliphatic rings. The average molecular weight is 274 g/mol. The highest BCUT2D eigenvalue weighted by Gasteiger charge is 2.06. The molecule has 0 aliphatic carbocycles. The maximum Gasteiger partial charge on any atom is 0.151 e. The highest BCUT2D eigenvalue weighted by atomic mass is 79.9. The molecule has 0 aliphatic heterocycles. The van der Waals surface area contributed by atoms with Crippen LogP contribution in [0, 0.1) is 11.3 Å². The number of hydrogen-bond acceptors (Lipinski definition) is 3. The minimum absolute atomic E-state index is 0.0406. The molecule has 14 heavy (non-hydrogen) atoms. The SMILES string of the molecule is CS(=O)(=O)Cc1cc(Br)cc(C#N)c1. The van der Waals surface area contributed by atoms with Crippen molar-refractivity contribution in [1.82, 2.24) is 0 Å². The summed E-state index contributed by atoms with van der Waals surface area (Å²) in [6.45, 7) is 0. The Morgan fingerprint density at radius 1 is 1.43 bits per heavy atom. The number of nitrogens with zero attached hydrogens (tertiary/aromatic N) is 1. The molecule has 0 bridgehead atoms. The third-order valence-corrected chi connectivity index (χ3v) is 2.83. The Hall–Kier alpha value is -0.860. The van der Waals surface area contributed by atoms with E-state index < -0.39 is 9.84 Å². The van der Waals surface area contributed by atoms with Gasteiger partial charge in [0.25, 0.3) is 0 Å². The minimum Gasteiger partial charge on any atom is -0.229 e. The van der Waals surface area contributed by atoms with Gasteiger partial charge < -0.3 is 0 Å². The van der Waals surface area contributed by atoms with Crippen LogP contribution in [-0.4, -0.2) is 14.7 Å². The first-order chi connectivity index (χ1) is 6.40. The molecule has 0 N–H and O–H groups in total. The third kappa shape index (κ3) is 3.48. The van der Waals surface area contributed by atoms with E-state index in [0.29, 0.717) is 11.1 Å². The molecule has 0 saturated carbocycles. The molecule has 0 spiro atoms. The zero-order chi connectivity index (χ0) is 10.8. The molecule has 74 valence electrons. The van der Waals surface area contributed by atoms with Gasteiger partial charge >= 0.3 is 0 Å². The highest BCUT2D eigenvalue weighted by molar-refractivity contribution is 9.10. The molecule has 0 radical (unpaired) electrons. The first-order valence-corrected chi connectivity index (χ1v) is 6.63. The normalized spacial score (nSPS) is 10.9. The molecule has 0 saturated heterocycles. The maximum absolute atomic E-state index is 11.0. The van der Waals surface area contributed by atoms with Crippen LogP contribution >= 0.6 is 15.9 Å². The van der Waals surface area contributed by atoms with Gasteiger partial charge in [0.1, 0.15) is 0 Å². The van der Waals surface area contributed by atoms with Crippen LogP contribution in [0.15, 0.2) is 22.7 Å². The predicted molar refractivity (Wildman–Crippen MR) is 57.4 cm³/mol. The van der Waals surface area contributed by atoms with Crippen LogP contribution in [0.2, 0.25) is 0 Å². The van der Waals surface area contributed by atoms with Crippen LogP contribution in [0.4, 0.5) is 0 Å². The molecular formula is C9H8BrNO2S. The van der Waals surface area contributed by atoms with E-state index in [1.165, 1.54) is 6.26 Å². The van der Waals surface area contributed by atoms with E-state index in [0.717, 1.165) is 4.47 Å². The number of sulfone groups is 1. The molecule has 0 aromatic heterocycles.